The molecule has 0 amide bonds. The van der Waals surface area contributed by atoms with Crippen molar-refractivity contribution in [3.8, 4) is 0 Å². The monoisotopic (exact) mass is 630 g/mol. The Hall–Kier alpha value is -3.64. The first kappa shape index (κ1) is 34.2. The van der Waals surface area contributed by atoms with Crippen LogP contribution in [0.2, 0.25) is 0 Å². The molecule has 2 aliphatic carbocycles. The van der Waals surface area contributed by atoms with Crippen LogP contribution in [0.5, 0.6) is 0 Å². The molecule has 0 aromatic carbocycles. The molecular formula is C33H46N2O10. The number of allylic oxidation sites excluding steroid dienone is 4. The van der Waals surface area contributed by atoms with E-state index < -0.39 is 47.3 Å². The molecule has 4 aliphatic rings. The van der Waals surface area contributed by atoms with E-state index in [0.29, 0.717) is 55.9 Å². The fourth-order valence-corrected chi connectivity index (χ4v) is 5.90. The normalized spacial score (nSPS) is 24.2. The molecule has 0 atom stereocenters. The van der Waals surface area contributed by atoms with Crippen molar-refractivity contribution in [3.63, 3.8) is 0 Å². The second-order valence-corrected chi connectivity index (χ2v) is 14.2. The number of ether oxygens (including phenoxy) is 5. The zero-order valence-corrected chi connectivity index (χ0v) is 27.5. The minimum atomic E-state index is -1.28. The van der Waals surface area contributed by atoms with Crippen molar-refractivity contribution in [1.29, 1.82) is 0 Å². The second kappa shape index (κ2) is 13.0. The summed E-state index contributed by atoms with van der Waals surface area (Å²) in [7, 11) is 0. The van der Waals surface area contributed by atoms with Crippen LogP contribution in [0.4, 0.5) is 0 Å². The van der Waals surface area contributed by atoms with Gasteiger partial charge in [0, 0.05) is 46.5 Å². The van der Waals surface area contributed by atoms with Gasteiger partial charge in [-0.2, -0.15) is 0 Å². The fourth-order valence-electron chi connectivity index (χ4n) is 5.90. The van der Waals surface area contributed by atoms with E-state index in [-0.39, 0.29) is 17.4 Å². The lowest BCUT2D eigenvalue weighted by molar-refractivity contribution is -0.239. The highest BCUT2D eigenvalue weighted by Gasteiger charge is 2.47. The summed E-state index contributed by atoms with van der Waals surface area (Å²) < 4.78 is 26.9. The van der Waals surface area contributed by atoms with E-state index in [4.69, 9.17) is 28.5 Å². The number of nitrogens with one attached hydrogen (secondary N) is 2. The van der Waals surface area contributed by atoms with Crippen LogP contribution in [0.25, 0.3) is 0 Å². The first-order chi connectivity index (χ1) is 20.9. The number of hydrogen-bond donors (Lipinski definition) is 2. The van der Waals surface area contributed by atoms with E-state index in [1.807, 2.05) is 39.8 Å². The van der Waals surface area contributed by atoms with E-state index in [2.05, 4.69) is 16.9 Å². The van der Waals surface area contributed by atoms with Crippen LogP contribution in [-0.4, -0.2) is 61.8 Å². The Morgan fingerprint density at radius 1 is 0.667 bits per heavy atom. The lowest BCUT2D eigenvalue weighted by Crippen LogP contribution is -2.47. The van der Waals surface area contributed by atoms with Crippen LogP contribution in [0.1, 0.15) is 74.7 Å². The Balaban J connectivity index is 1.18. The summed E-state index contributed by atoms with van der Waals surface area (Å²) in [6, 6.07) is 0. The number of carbonyl (C=O) groups excluding carboxylic acids is 4. The molecule has 248 valence electrons. The topological polar surface area (TPSA) is 148 Å². The molecule has 2 aliphatic heterocycles. The standard InChI is InChI=1S/C33H46N2O10/c1-30(2)16-20(24-26(36)42-32(5,6)43-27(24)37)14-22(18-30)34-10-9-11-40-12-13-41-35-23-15-21(17-31(3,4)19-23)25-28(38)44-33(7,8)45-29(25)39/h14-15,18-19,24-25,34-35H,9-13,16-17H2,1-8H3. The van der Waals surface area contributed by atoms with Crippen molar-refractivity contribution in [2.75, 3.05) is 26.4 Å². The summed E-state index contributed by atoms with van der Waals surface area (Å²) >= 11 is 0. The van der Waals surface area contributed by atoms with Gasteiger partial charge in [-0.05, 0) is 53.4 Å². The van der Waals surface area contributed by atoms with Crippen LogP contribution in [0.3, 0.4) is 0 Å². The summed E-state index contributed by atoms with van der Waals surface area (Å²) in [6.45, 7) is 15.9. The molecule has 2 saturated heterocycles. The van der Waals surface area contributed by atoms with Gasteiger partial charge in [-0.1, -0.05) is 39.8 Å². The molecule has 12 heteroatoms. The molecule has 0 saturated carbocycles. The highest BCUT2D eigenvalue weighted by molar-refractivity contribution is 6.00. The fraction of sp³-hybridized carbons (Fsp3) is 0.636. The van der Waals surface area contributed by atoms with Crippen molar-refractivity contribution in [1.82, 2.24) is 10.8 Å². The van der Waals surface area contributed by atoms with Crippen molar-refractivity contribution in [2.45, 2.75) is 86.2 Å². The zero-order chi connectivity index (χ0) is 33.2. The molecule has 2 N–H and O–H groups in total. The van der Waals surface area contributed by atoms with Gasteiger partial charge in [0.15, 0.2) is 11.8 Å². The summed E-state index contributed by atoms with van der Waals surface area (Å²) in [4.78, 5) is 56.0. The quantitative estimate of drug-likeness (QED) is 0.140. The van der Waals surface area contributed by atoms with E-state index in [1.54, 1.807) is 6.08 Å². The number of rotatable bonds is 12. The molecule has 45 heavy (non-hydrogen) atoms. The molecule has 4 rings (SSSR count). The van der Waals surface area contributed by atoms with E-state index in [0.717, 1.165) is 5.70 Å². The van der Waals surface area contributed by atoms with Gasteiger partial charge in [0.2, 0.25) is 0 Å². The molecule has 2 fully saturated rings. The Morgan fingerprint density at radius 3 is 1.60 bits per heavy atom. The summed E-state index contributed by atoms with van der Waals surface area (Å²) in [5, 5.41) is 3.36. The molecule has 0 bridgehead atoms. The molecule has 0 aromatic rings. The maximum absolute atomic E-state index is 12.6. The molecule has 0 spiro atoms. The van der Waals surface area contributed by atoms with Gasteiger partial charge in [-0.25, -0.2) is 0 Å². The molecule has 0 unspecified atom stereocenters. The predicted octanol–water partition coefficient (Wildman–Crippen LogP) is 3.89. The Morgan fingerprint density at radius 2 is 1.11 bits per heavy atom. The van der Waals surface area contributed by atoms with Crippen LogP contribution in [-0.2, 0) is 47.7 Å². The average Bonchev–Trinajstić information content (AvgIpc) is 2.83. The summed E-state index contributed by atoms with van der Waals surface area (Å²) in [5.74, 6) is -7.14. The number of carbonyl (C=O) groups is 4. The van der Waals surface area contributed by atoms with E-state index in [9.17, 15) is 19.2 Å². The Labute approximate surface area is 264 Å². The SMILES string of the molecule is CC1(C)C=C(NCCCOCCONC2=CC(C)(C)CC(C3C(=O)OC(C)(C)OC3=O)=C2)C=C(C2C(=O)OC(C)(C)OC2=O)C1. The van der Waals surface area contributed by atoms with Gasteiger partial charge < -0.3 is 29.0 Å². The molecule has 0 radical (unpaired) electrons. The molecule has 2 heterocycles. The van der Waals surface area contributed by atoms with Crippen LogP contribution < -0.4 is 10.8 Å². The number of cyclic esters (lactones) is 4. The first-order valence-electron chi connectivity index (χ1n) is 15.3. The third-order valence-electron chi connectivity index (χ3n) is 7.48. The number of esters is 4. The second-order valence-electron chi connectivity index (χ2n) is 14.2. The minimum absolute atomic E-state index is 0.264. The zero-order valence-electron chi connectivity index (χ0n) is 27.5. The molecule has 0 aromatic heterocycles. The predicted molar refractivity (Wildman–Crippen MR) is 161 cm³/mol. The highest BCUT2D eigenvalue weighted by Crippen LogP contribution is 2.40. The van der Waals surface area contributed by atoms with Crippen molar-refractivity contribution in [2.24, 2.45) is 22.7 Å². The smallest absolute Gasteiger partial charge is 0.327 e. The van der Waals surface area contributed by atoms with E-state index in [1.165, 1.54) is 27.7 Å². The lowest BCUT2D eigenvalue weighted by Gasteiger charge is -2.36. The van der Waals surface area contributed by atoms with Crippen LogP contribution in [0.15, 0.2) is 46.8 Å². The van der Waals surface area contributed by atoms with Gasteiger partial charge in [-0.15, -0.1) is 0 Å². The van der Waals surface area contributed by atoms with Gasteiger partial charge in [0.25, 0.3) is 11.6 Å². The average molecular weight is 631 g/mol. The van der Waals surface area contributed by atoms with Gasteiger partial charge in [0.05, 0.1) is 18.9 Å². The van der Waals surface area contributed by atoms with Crippen molar-refractivity contribution in [3.05, 3.63) is 46.8 Å². The van der Waals surface area contributed by atoms with Gasteiger partial charge >= 0.3 is 23.9 Å². The molecular weight excluding hydrogens is 584 g/mol. The van der Waals surface area contributed by atoms with Crippen molar-refractivity contribution < 1.29 is 47.7 Å². The summed E-state index contributed by atoms with van der Waals surface area (Å²) in [5.41, 5.74) is 5.03. The Bertz CT molecular complexity index is 1190. The first-order valence-corrected chi connectivity index (χ1v) is 15.3. The third-order valence-corrected chi connectivity index (χ3v) is 7.48. The van der Waals surface area contributed by atoms with Gasteiger partial charge in [-0.3, -0.25) is 29.5 Å². The summed E-state index contributed by atoms with van der Waals surface area (Å²) in [6.07, 6.45) is 9.37. The maximum atomic E-state index is 12.6. The van der Waals surface area contributed by atoms with E-state index >= 15 is 0 Å². The molecule has 12 nitrogen and oxygen atoms in total. The number of hydroxylamine groups is 1. The Kier molecular flexibility index (Phi) is 9.89. The lowest BCUT2D eigenvalue weighted by atomic mass is 9.76. The third kappa shape index (κ3) is 9.20. The van der Waals surface area contributed by atoms with Gasteiger partial charge in [0.1, 0.15) is 0 Å². The van der Waals surface area contributed by atoms with Crippen molar-refractivity contribution >= 4 is 23.9 Å². The van der Waals surface area contributed by atoms with Crippen LogP contribution >= 0.6 is 0 Å². The van der Waals surface area contributed by atoms with Crippen LogP contribution in [0, 0.1) is 22.7 Å². The minimum Gasteiger partial charge on any atom is -0.422 e. The highest BCUT2D eigenvalue weighted by atomic mass is 16.8. The largest absolute Gasteiger partial charge is 0.422 e. The number of hydrogen-bond acceptors (Lipinski definition) is 12. The maximum Gasteiger partial charge on any atom is 0.327 e.